The van der Waals surface area contributed by atoms with Crippen LogP contribution in [0.25, 0.3) is 0 Å². The molecule has 0 saturated carbocycles. The molecule has 0 bridgehead atoms. The molecule has 0 fully saturated rings. The Morgan fingerprint density at radius 2 is 0.763 bits per heavy atom. The Morgan fingerprint density at radius 3 is 0.921 bits per heavy atom. The van der Waals surface area contributed by atoms with E-state index in [2.05, 4.69) is 0 Å². The highest BCUT2D eigenvalue weighted by molar-refractivity contribution is 6.41. The van der Waals surface area contributed by atoms with E-state index in [0.717, 1.165) is 45.1 Å². The van der Waals surface area contributed by atoms with Gasteiger partial charge in [-0.05, 0) is 84.0 Å². The average Bonchev–Trinajstić information content (AvgIpc) is 2.84. The van der Waals surface area contributed by atoms with Crippen molar-refractivity contribution in [3.05, 3.63) is 57.6 Å². The first-order chi connectivity index (χ1) is 17.6. The van der Waals surface area contributed by atoms with Crippen LogP contribution in [0.5, 0.6) is 0 Å². The lowest BCUT2D eigenvalue weighted by Gasteiger charge is -2.20. The lowest BCUT2D eigenvalue weighted by atomic mass is 9.90. The number of benzene rings is 2. The third-order valence-electron chi connectivity index (χ3n) is 6.40. The van der Waals surface area contributed by atoms with Crippen LogP contribution in [0.2, 0.25) is 0 Å². The Labute approximate surface area is 228 Å². The summed E-state index contributed by atoms with van der Waals surface area (Å²) in [5, 5.41) is 19.3. The minimum Gasteiger partial charge on any atom is -0.478 e. The van der Waals surface area contributed by atoms with Crippen LogP contribution in [0.15, 0.2) is 34.3 Å². The molecule has 0 aromatic heterocycles. The van der Waals surface area contributed by atoms with Crippen LogP contribution in [-0.2, 0) is 0 Å². The summed E-state index contributed by atoms with van der Waals surface area (Å²) in [5.74, 6) is -1.53. The van der Waals surface area contributed by atoms with Gasteiger partial charge >= 0.3 is 11.9 Å². The number of hydrogen-bond acceptors (Lipinski definition) is 4. The number of rotatable bonds is 9. The maximum atomic E-state index is 11.7. The second-order valence-corrected chi connectivity index (χ2v) is 10.6. The van der Waals surface area contributed by atoms with Gasteiger partial charge in [0.15, 0.2) is 0 Å². The van der Waals surface area contributed by atoms with E-state index in [-0.39, 0.29) is 34.8 Å². The Hall–Kier alpha value is -3.28. The Morgan fingerprint density at radius 1 is 0.553 bits per heavy atom. The largest absolute Gasteiger partial charge is 0.478 e. The predicted octanol–water partition coefficient (Wildman–Crippen LogP) is 9.49. The van der Waals surface area contributed by atoms with E-state index in [4.69, 9.17) is 9.98 Å². The van der Waals surface area contributed by atoms with Crippen LogP contribution in [0.1, 0.15) is 150 Å². The monoisotopic (exact) mass is 522 g/mol. The minimum atomic E-state index is -0.948. The summed E-state index contributed by atoms with van der Waals surface area (Å²) in [6.07, 6.45) is 0. The van der Waals surface area contributed by atoms with Crippen molar-refractivity contribution in [1.29, 1.82) is 0 Å². The van der Waals surface area contributed by atoms with Crippen molar-refractivity contribution in [2.24, 2.45) is 9.98 Å². The molecule has 2 aromatic rings. The number of nitrogens with zero attached hydrogens (tertiary/aromatic N) is 2. The molecule has 208 valence electrons. The number of carboxylic acids is 2. The zero-order valence-electron chi connectivity index (χ0n) is 25.2. The van der Waals surface area contributed by atoms with Gasteiger partial charge in [0.2, 0.25) is 0 Å². The number of hydrogen-bond donors (Lipinski definition) is 2. The van der Waals surface area contributed by atoms with Crippen LogP contribution in [-0.4, -0.2) is 33.6 Å². The van der Waals surface area contributed by atoms with Gasteiger partial charge in [0.25, 0.3) is 0 Å². The van der Waals surface area contributed by atoms with Crippen molar-refractivity contribution >= 4 is 34.7 Å². The number of carboxylic acid groups (broad SMARTS) is 2. The topological polar surface area (TPSA) is 99.3 Å². The predicted molar refractivity (Wildman–Crippen MR) is 160 cm³/mol. The zero-order valence-corrected chi connectivity index (χ0v) is 25.2. The van der Waals surface area contributed by atoms with E-state index in [1.807, 2.05) is 83.1 Å². The first-order valence-corrected chi connectivity index (χ1v) is 13.6. The minimum absolute atomic E-state index is 0.0919. The Bertz CT molecular complexity index is 1060. The summed E-state index contributed by atoms with van der Waals surface area (Å²) in [6, 6.07) is 6.87. The highest BCUT2D eigenvalue weighted by atomic mass is 16.4. The summed E-state index contributed by atoms with van der Waals surface area (Å²) < 4.78 is 0. The van der Waals surface area contributed by atoms with Gasteiger partial charge in [0.05, 0.1) is 33.9 Å². The summed E-state index contributed by atoms with van der Waals surface area (Å²) in [4.78, 5) is 33.5. The molecule has 0 heterocycles. The van der Waals surface area contributed by atoms with Gasteiger partial charge in [0, 0.05) is 0 Å². The van der Waals surface area contributed by atoms with E-state index in [9.17, 15) is 19.8 Å². The molecule has 6 nitrogen and oxygen atoms in total. The van der Waals surface area contributed by atoms with E-state index in [0.29, 0.717) is 0 Å². The highest BCUT2D eigenvalue weighted by Crippen LogP contribution is 2.38. The van der Waals surface area contributed by atoms with Crippen LogP contribution >= 0.6 is 0 Å². The molecule has 0 amide bonds. The van der Waals surface area contributed by atoms with Crippen molar-refractivity contribution < 1.29 is 19.8 Å². The molecule has 0 aliphatic rings. The van der Waals surface area contributed by atoms with E-state index < -0.39 is 11.9 Å². The van der Waals surface area contributed by atoms with Crippen molar-refractivity contribution in [2.45, 2.75) is 107 Å². The molecule has 2 aromatic carbocycles. The normalized spacial score (nSPS) is 12.3. The SMILES string of the molecule is CC.CC(=Nc1c(C(C)C)cc(C(=O)O)cc1C(C)C)C(C)=Nc1c(C(C)C)cc(C(=O)O)cc1C(C)C. The van der Waals surface area contributed by atoms with Gasteiger partial charge < -0.3 is 10.2 Å². The molecular weight excluding hydrogens is 476 g/mol. The summed E-state index contributed by atoms with van der Waals surface area (Å²) in [6.45, 7) is 24.1. The number of carbonyl (C=O) groups is 2. The van der Waals surface area contributed by atoms with Crippen LogP contribution in [0, 0.1) is 0 Å². The molecule has 0 aliphatic heterocycles. The lowest BCUT2D eigenvalue weighted by molar-refractivity contribution is 0.0686. The maximum Gasteiger partial charge on any atom is 0.335 e. The Balaban J connectivity index is 0.00000352. The third kappa shape index (κ3) is 7.86. The quantitative estimate of drug-likeness (QED) is 0.320. The Kier molecular flexibility index (Phi) is 12.1. The summed E-state index contributed by atoms with van der Waals surface area (Å²) in [7, 11) is 0. The van der Waals surface area contributed by atoms with Gasteiger partial charge in [-0.1, -0.05) is 69.2 Å². The van der Waals surface area contributed by atoms with Crippen molar-refractivity contribution in [3.63, 3.8) is 0 Å². The average molecular weight is 523 g/mol. The molecule has 2 rings (SSSR count). The third-order valence-corrected chi connectivity index (χ3v) is 6.40. The standard InChI is InChI=1S/C30H40N2O4.C2H6/c1-15(2)23-11-21(29(33)34)12-24(16(3)4)27(23)31-19(9)20(10)32-28-25(17(5)6)13-22(30(35)36)14-26(28)18(7)8;1-2/h11-18H,1-10H3,(H,33,34)(H,35,36);1-2H3. The molecule has 0 atom stereocenters. The smallest absolute Gasteiger partial charge is 0.335 e. The summed E-state index contributed by atoms with van der Waals surface area (Å²) >= 11 is 0. The van der Waals surface area contributed by atoms with Crippen LogP contribution in [0.4, 0.5) is 11.4 Å². The lowest BCUT2D eigenvalue weighted by Crippen LogP contribution is -2.09. The molecular formula is C32H46N2O4. The fraction of sp³-hybridized carbons (Fsp3) is 0.500. The van der Waals surface area contributed by atoms with Gasteiger partial charge in [-0.3, -0.25) is 9.98 Å². The van der Waals surface area contributed by atoms with E-state index >= 15 is 0 Å². The van der Waals surface area contributed by atoms with E-state index in [1.54, 1.807) is 24.3 Å². The van der Waals surface area contributed by atoms with Gasteiger partial charge in [-0.2, -0.15) is 0 Å². The first-order valence-electron chi connectivity index (χ1n) is 13.6. The first kappa shape index (κ1) is 32.7. The second-order valence-electron chi connectivity index (χ2n) is 10.6. The number of aliphatic imine (C=N–C) groups is 2. The molecule has 6 heteroatoms. The van der Waals surface area contributed by atoms with Gasteiger partial charge in [-0.25, -0.2) is 9.59 Å². The van der Waals surface area contributed by atoms with Crippen LogP contribution in [0.3, 0.4) is 0 Å². The molecule has 0 spiro atoms. The van der Waals surface area contributed by atoms with Crippen molar-refractivity contribution in [1.82, 2.24) is 0 Å². The summed E-state index contributed by atoms with van der Waals surface area (Å²) in [5.41, 5.74) is 7.16. The zero-order chi connectivity index (χ0) is 29.5. The van der Waals surface area contributed by atoms with E-state index in [1.165, 1.54) is 0 Å². The fourth-order valence-corrected chi connectivity index (χ4v) is 4.12. The maximum absolute atomic E-state index is 11.7. The molecule has 0 unspecified atom stereocenters. The van der Waals surface area contributed by atoms with Crippen molar-refractivity contribution in [2.75, 3.05) is 0 Å². The van der Waals surface area contributed by atoms with Gasteiger partial charge in [0.1, 0.15) is 0 Å². The molecule has 0 aliphatic carbocycles. The van der Waals surface area contributed by atoms with Crippen LogP contribution < -0.4 is 0 Å². The molecule has 0 saturated heterocycles. The number of aromatic carboxylic acids is 2. The molecule has 38 heavy (non-hydrogen) atoms. The van der Waals surface area contributed by atoms with Crippen molar-refractivity contribution in [3.8, 4) is 0 Å². The fourth-order valence-electron chi connectivity index (χ4n) is 4.12. The molecule has 0 radical (unpaired) electrons. The van der Waals surface area contributed by atoms with Gasteiger partial charge in [-0.15, -0.1) is 0 Å². The molecule has 2 N–H and O–H groups in total. The second kappa shape index (κ2) is 14.0. The highest BCUT2D eigenvalue weighted by Gasteiger charge is 2.21.